The second-order valence-corrected chi connectivity index (χ2v) is 8.04. The topological polar surface area (TPSA) is 60.5 Å². The molecular weight excluding hydrogens is 457 g/mol. The maximum absolute atomic E-state index is 14.6. The molecule has 0 spiro atoms. The molecule has 186 valence electrons. The van der Waals surface area contributed by atoms with Gasteiger partial charge in [-0.1, -0.05) is 12.2 Å². The SMILES string of the molecule is CCOC(=O)C(CCCc1c(F)cnc2ccc(OC)cc12)CNCC=Cc1cc(F)ccc1F. The molecule has 0 aliphatic rings. The lowest BCUT2D eigenvalue weighted by Crippen LogP contribution is -2.30. The average Bonchev–Trinajstić information content (AvgIpc) is 2.85. The monoisotopic (exact) mass is 486 g/mol. The molecular formula is C27H29F3N2O3. The van der Waals surface area contributed by atoms with E-state index >= 15 is 0 Å². The Morgan fingerprint density at radius 2 is 1.97 bits per heavy atom. The molecule has 0 aliphatic heterocycles. The zero-order valence-electron chi connectivity index (χ0n) is 19.8. The van der Waals surface area contributed by atoms with Crippen LogP contribution in [0.25, 0.3) is 17.0 Å². The lowest BCUT2D eigenvalue weighted by molar-refractivity contribution is -0.148. The standard InChI is InChI=1S/C27H29F3N2O3/c1-3-35-27(33)19(16-31-13-5-7-18-14-20(28)9-11-24(18)29)6-4-8-22-23-15-21(34-2)10-12-26(23)32-17-25(22)30/h5,7,9-12,14-15,17,19,31H,3-4,6,8,13,16H2,1-2H3. The number of nitrogens with zero attached hydrogens (tertiary/aromatic N) is 1. The third-order valence-corrected chi connectivity index (χ3v) is 5.64. The number of esters is 1. The first-order chi connectivity index (χ1) is 16.9. The quantitative estimate of drug-likeness (QED) is 0.272. The Hall–Kier alpha value is -3.39. The predicted molar refractivity (Wildman–Crippen MR) is 130 cm³/mol. The third kappa shape index (κ3) is 7.29. The smallest absolute Gasteiger partial charge is 0.310 e. The Morgan fingerprint density at radius 1 is 1.14 bits per heavy atom. The van der Waals surface area contributed by atoms with Crippen molar-refractivity contribution in [2.75, 3.05) is 26.8 Å². The van der Waals surface area contributed by atoms with Crippen molar-refractivity contribution < 1.29 is 27.4 Å². The van der Waals surface area contributed by atoms with Gasteiger partial charge >= 0.3 is 5.97 Å². The average molecular weight is 487 g/mol. The summed E-state index contributed by atoms with van der Waals surface area (Å²) >= 11 is 0. The first kappa shape index (κ1) is 26.2. The van der Waals surface area contributed by atoms with Crippen LogP contribution in [0.5, 0.6) is 5.75 Å². The van der Waals surface area contributed by atoms with Crippen LogP contribution in [0.2, 0.25) is 0 Å². The predicted octanol–water partition coefficient (Wildman–Crippen LogP) is 5.47. The van der Waals surface area contributed by atoms with E-state index in [1.54, 1.807) is 38.3 Å². The molecule has 5 nitrogen and oxygen atoms in total. The van der Waals surface area contributed by atoms with E-state index in [1.165, 1.54) is 12.3 Å². The minimum absolute atomic E-state index is 0.150. The van der Waals surface area contributed by atoms with E-state index < -0.39 is 23.4 Å². The maximum Gasteiger partial charge on any atom is 0.310 e. The minimum atomic E-state index is -0.516. The molecule has 8 heteroatoms. The van der Waals surface area contributed by atoms with Crippen molar-refractivity contribution in [3.8, 4) is 5.75 Å². The molecule has 35 heavy (non-hydrogen) atoms. The number of methoxy groups -OCH3 is 1. The Morgan fingerprint density at radius 3 is 2.74 bits per heavy atom. The first-order valence-electron chi connectivity index (χ1n) is 11.5. The molecule has 0 fully saturated rings. The van der Waals surface area contributed by atoms with Crippen LogP contribution in [0.3, 0.4) is 0 Å². The summed E-state index contributed by atoms with van der Waals surface area (Å²) < 4.78 is 52.0. The van der Waals surface area contributed by atoms with E-state index in [1.807, 2.05) is 0 Å². The van der Waals surface area contributed by atoms with E-state index in [0.29, 0.717) is 54.6 Å². The van der Waals surface area contributed by atoms with Crippen LogP contribution in [0.4, 0.5) is 13.2 Å². The molecule has 3 rings (SSSR count). The van der Waals surface area contributed by atoms with Gasteiger partial charge in [-0.15, -0.1) is 0 Å². The van der Waals surface area contributed by atoms with Crippen LogP contribution in [0.1, 0.15) is 30.9 Å². The third-order valence-electron chi connectivity index (χ3n) is 5.64. The van der Waals surface area contributed by atoms with Crippen LogP contribution in [0.15, 0.2) is 48.7 Å². The van der Waals surface area contributed by atoms with Gasteiger partial charge in [-0.3, -0.25) is 9.78 Å². The summed E-state index contributed by atoms with van der Waals surface area (Å²) in [5.41, 5.74) is 1.36. The summed E-state index contributed by atoms with van der Waals surface area (Å²) in [6.07, 6.45) is 5.82. The number of fused-ring (bicyclic) bond motifs is 1. The van der Waals surface area contributed by atoms with Gasteiger partial charge in [0.25, 0.3) is 0 Å². The van der Waals surface area contributed by atoms with E-state index in [0.717, 1.165) is 18.2 Å². The van der Waals surface area contributed by atoms with Crippen molar-refractivity contribution in [2.24, 2.45) is 5.92 Å². The molecule has 3 aromatic rings. The Labute approximate surface area is 203 Å². The van der Waals surface area contributed by atoms with Gasteiger partial charge < -0.3 is 14.8 Å². The Balaban J connectivity index is 1.60. The van der Waals surface area contributed by atoms with Crippen LogP contribution in [-0.4, -0.2) is 37.8 Å². The molecule has 0 bridgehead atoms. The zero-order valence-corrected chi connectivity index (χ0v) is 19.8. The zero-order chi connectivity index (χ0) is 25.2. The number of hydrogen-bond acceptors (Lipinski definition) is 5. The van der Waals surface area contributed by atoms with E-state index in [2.05, 4.69) is 10.3 Å². The number of ether oxygens (including phenoxy) is 2. The van der Waals surface area contributed by atoms with Gasteiger partial charge in [0.15, 0.2) is 0 Å². The number of carbonyl (C=O) groups is 1. The van der Waals surface area contributed by atoms with Gasteiger partial charge in [0.1, 0.15) is 23.2 Å². The van der Waals surface area contributed by atoms with Gasteiger partial charge in [-0.05, 0) is 68.1 Å². The number of nitrogens with one attached hydrogen (secondary N) is 1. The van der Waals surface area contributed by atoms with Crippen molar-refractivity contribution in [3.05, 3.63) is 77.2 Å². The molecule has 0 aliphatic carbocycles. The number of aryl methyl sites for hydroxylation is 1. The highest BCUT2D eigenvalue weighted by Crippen LogP contribution is 2.26. The van der Waals surface area contributed by atoms with E-state index in [4.69, 9.17) is 9.47 Å². The second kappa shape index (κ2) is 12.9. The second-order valence-electron chi connectivity index (χ2n) is 8.04. The maximum atomic E-state index is 14.6. The number of benzene rings is 2. The lowest BCUT2D eigenvalue weighted by atomic mass is 9.97. The minimum Gasteiger partial charge on any atom is -0.497 e. The van der Waals surface area contributed by atoms with Crippen molar-refractivity contribution in [1.82, 2.24) is 10.3 Å². The number of aromatic nitrogens is 1. The molecule has 0 saturated carbocycles. The van der Waals surface area contributed by atoms with Crippen LogP contribution < -0.4 is 10.1 Å². The van der Waals surface area contributed by atoms with E-state index in [9.17, 15) is 18.0 Å². The summed E-state index contributed by atoms with van der Waals surface area (Å²) in [6.45, 7) is 2.69. The molecule has 0 amide bonds. The van der Waals surface area contributed by atoms with E-state index in [-0.39, 0.29) is 18.1 Å². The number of halogens is 3. The highest BCUT2D eigenvalue weighted by molar-refractivity contribution is 5.83. The van der Waals surface area contributed by atoms with Gasteiger partial charge in [-0.2, -0.15) is 0 Å². The summed E-state index contributed by atoms with van der Waals surface area (Å²) in [6, 6.07) is 8.57. The van der Waals surface area contributed by atoms with Crippen molar-refractivity contribution >= 4 is 22.9 Å². The summed E-state index contributed by atoms with van der Waals surface area (Å²) in [5.74, 6) is -1.57. The summed E-state index contributed by atoms with van der Waals surface area (Å²) in [5, 5.41) is 3.81. The first-order valence-corrected chi connectivity index (χ1v) is 11.5. The van der Waals surface area contributed by atoms with Gasteiger partial charge in [0, 0.05) is 24.0 Å². The highest BCUT2D eigenvalue weighted by Gasteiger charge is 2.20. The van der Waals surface area contributed by atoms with Crippen LogP contribution in [0, 0.1) is 23.4 Å². The van der Waals surface area contributed by atoms with Crippen LogP contribution in [-0.2, 0) is 16.0 Å². The highest BCUT2D eigenvalue weighted by atomic mass is 19.1. The normalized spacial score (nSPS) is 12.3. The molecule has 1 atom stereocenters. The Kier molecular flexibility index (Phi) is 9.66. The number of hydrogen-bond donors (Lipinski definition) is 1. The number of carbonyl (C=O) groups excluding carboxylic acids is 1. The molecule has 0 radical (unpaired) electrons. The number of pyridine rings is 1. The molecule has 1 aromatic heterocycles. The lowest BCUT2D eigenvalue weighted by Gasteiger charge is -2.16. The van der Waals surface area contributed by atoms with Gasteiger partial charge in [-0.25, -0.2) is 13.2 Å². The van der Waals surface area contributed by atoms with Gasteiger partial charge in [0.05, 0.1) is 31.3 Å². The molecule has 0 saturated heterocycles. The summed E-state index contributed by atoms with van der Waals surface area (Å²) in [4.78, 5) is 16.6. The molecule has 1 heterocycles. The number of rotatable bonds is 12. The van der Waals surface area contributed by atoms with Crippen LogP contribution >= 0.6 is 0 Å². The Bertz CT molecular complexity index is 1180. The van der Waals surface area contributed by atoms with Gasteiger partial charge in [0.2, 0.25) is 0 Å². The fraction of sp³-hybridized carbons (Fsp3) is 0.333. The fourth-order valence-electron chi connectivity index (χ4n) is 3.84. The van der Waals surface area contributed by atoms with Crippen molar-refractivity contribution in [1.29, 1.82) is 0 Å². The fourth-order valence-corrected chi connectivity index (χ4v) is 3.84. The summed E-state index contributed by atoms with van der Waals surface area (Å²) in [7, 11) is 1.55. The largest absolute Gasteiger partial charge is 0.497 e. The van der Waals surface area contributed by atoms with Crippen molar-refractivity contribution in [2.45, 2.75) is 26.2 Å². The molecule has 2 aromatic carbocycles. The molecule has 1 unspecified atom stereocenters. The molecule has 1 N–H and O–H groups in total. The van der Waals surface area contributed by atoms with Crippen molar-refractivity contribution in [3.63, 3.8) is 0 Å².